The van der Waals surface area contributed by atoms with E-state index in [1.807, 2.05) is 24.3 Å². The fourth-order valence-corrected chi connectivity index (χ4v) is 5.34. The first-order chi connectivity index (χ1) is 16.5. The van der Waals surface area contributed by atoms with Crippen molar-refractivity contribution in [2.24, 2.45) is 5.41 Å². The Kier molecular flexibility index (Phi) is 8.22. The average Bonchev–Trinajstić information content (AvgIpc) is 2.86. The molecule has 184 valence electrons. The highest BCUT2D eigenvalue weighted by Gasteiger charge is 2.40. The Morgan fingerprint density at radius 3 is 2.65 bits per heavy atom. The molecule has 2 aliphatic rings. The molecule has 2 aromatic rings. The van der Waals surface area contributed by atoms with Gasteiger partial charge in [-0.3, -0.25) is 9.69 Å². The fourth-order valence-electron chi connectivity index (χ4n) is 5.34. The standard InChI is InChI=1S/C28H37FN2O3/c1-21-5-3-4-15-31(21)16-14-30-27(32)28(12-17-34-18-13-28)20-22-6-8-23(9-7-22)25-19-24(29)10-11-26(25)33-2/h6-11,19,21H,3-5,12-18,20H2,1-2H3,(H,30,32)/t21-/m0/s1. The molecule has 0 radical (unpaired) electrons. The third-order valence-electron chi connectivity index (χ3n) is 7.53. The van der Waals surface area contributed by atoms with E-state index in [0.717, 1.165) is 42.6 Å². The molecule has 2 aliphatic heterocycles. The molecule has 0 aliphatic carbocycles. The minimum Gasteiger partial charge on any atom is -0.496 e. The van der Waals surface area contributed by atoms with Crippen molar-refractivity contribution < 1.29 is 18.7 Å². The van der Waals surface area contributed by atoms with Gasteiger partial charge in [-0.05, 0) is 74.9 Å². The molecule has 2 heterocycles. The van der Waals surface area contributed by atoms with Gasteiger partial charge in [0.1, 0.15) is 11.6 Å². The largest absolute Gasteiger partial charge is 0.496 e. The van der Waals surface area contributed by atoms with Crippen LogP contribution in [0.25, 0.3) is 11.1 Å². The first-order valence-electron chi connectivity index (χ1n) is 12.5. The number of carbonyl (C=O) groups is 1. The van der Waals surface area contributed by atoms with Gasteiger partial charge >= 0.3 is 0 Å². The van der Waals surface area contributed by atoms with Gasteiger partial charge in [0, 0.05) is 37.9 Å². The molecule has 2 saturated heterocycles. The summed E-state index contributed by atoms with van der Waals surface area (Å²) in [6.07, 6.45) is 5.90. The van der Waals surface area contributed by atoms with Crippen LogP contribution in [0.4, 0.5) is 4.39 Å². The van der Waals surface area contributed by atoms with Gasteiger partial charge in [0.2, 0.25) is 5.91 Å². The van der Waals surface area contributed by atoms with Crippen molar-refractivity contribution in [2.45, 2.75) is 51.5 Å². The summed E-state index contributed by atoms with van der Waals surface area (Å²) < 4.78 is 24.8. The lowest BCUT2D eigenvalue weighted by molar-refractivity contribution is -0.136. The number of likely N-dealkylation sites (tertiary alicyclic amines) is 1. The number of benzene rings is 2. The van der Waals surface area contributed by atoms with E-state index in [2.05, 4.69) is 17.1 Å². The highest BCUT2D eigenvalue weighted by atomic mass is 19.1. The molecular weight excluding hydrogens is 431 g/mol. The monoisotopic (exact) mass is 468 g/mol. The van der Waals surface area contributed by atoms with Crippen LogP contribution >= 0.6 is 0 Å². The summed E-state index contributed by atoms with van der Waals surface area (Å²) in [6.45, 7) is 6.21. The summed E-state index contributed by atoms with van der Waals surface area (Å²) in [7, 11) is 1.59. The maximum Gasteiger partial charge on any atom is 0.226 e. The second kappa shape index (κ2) is 11.3. The number of nitrogens with zero attached hydrogens (tertiary/aromatic N) is 1. The van der Waals surface area contributed by atoms with Crippen molar-refractivity contribution in [1.29, 1.82) is 0 Å². The second-order valence-electron chi connectivity index (χ2n) is 9.75. The smallest absolute Gasteiger partial charge is 0.226 e. The van der Waals surface area contributed by atoms with Gasteiger partial charge in [0.05, 0.1) is 12.5 Å². The normalized spacial score (nSPS) is 20.6. The van der Waals surface area contributed by atoms with Crippen LogP contribution in [0.5, 0.6) is 5.75 Å². The summed E-state index contributed by atoms with van der Waals surface area (Å²) in [5.74, 6) is 0.477. The fraction of sp³-hybridized carbons (Fsp3) is 0.536. The van der Waals surface area contributed by atoms with E-state index < -0.39 is 5.41 Å². The van der Waals surface area contributed by atoms with Crippen molar-refractivity contribution in [3.63, 3.8) is 0 Å². The second-order valence-corrected chi connectivity index (χ2v) is 9.75. The van der Waals surface area contributed by atoms with Gasteiger partial charge in [-0.25, -0.2) is 4.39 Å². The zero-order chi connectivity index (χ0) is 24.0. The zero-order valence-electron chi connectivity index (χ0n) is 20.4. The van der Waals surface area contributed by atoms with Crippen LogP contribution in [-0.2, 0) is 16.0 Å². The average molecular weight is 469 g/mol. The molecule has 0 aromatic heterocycles. The van der Waals surface area contributed by atoms with Crippen LogP contribution in [0.15, 0.2) is 42.5 Å². The number of methoxy groups -OCH3 is 1. The first-order valence-corrected chi connectivity index (χ1v) is 12.5. The van der Waals surface area contributed by atoms with Crippen molar-refractivity contribution in [3.8, 4) is 16.9 Å². The Hall–Kier alpha value is -2.44. The van der Waals surface area contributed by atoms with E-state index in [0.29, 0.717) is 38.0 Å². The number of hydrogen-bond donors (Lipinski definition) is 1. The number of nitrogens with one attached hydrogen (secondary N) is 1. The SMILES string of the molecule is COc1ccc(F)cc1-c1ccc(CC2(C(=O)NCCN3CCCC[C@@H]3C)CCOCC2)cc1. The van der Waals surface area contributed by atoms with Crippen molar-refractivity contribution in [2.75, 3.05) is 40.0 Å². The Morgan fingerprint density at radius 2 is 1.94 bits per heavy atom. The maximum absolute atomic E-state index is 13.8. The number of ether oxygens (including phenoxy) is 2. The summed E-state index contributed by atoms with van der Waals surface area (Å²) in [4.78, 5) is 15.9. The predicted molar refractivity (Wildman–Crippen MR) is 132 cm³/mol. The van der Waals surface area contributed by atoms with Crippen LogP contribution in [0.3, 0.4) is 0 Å². The molecular formula is C28H37FN2O3. The van der Waals surface area contributed by atoms with Gasteiger partial charge in [0.15, 0.2) is 0 Å². The molecule has 0 spiro atoms. The number of carbonyl (C=O) groups excluding carboxylic acids is 1. The van der Waals surface area contributed by atoms with Gasteiger partial charge in [0.25, 0.3) is 0 Å². The molecule has 2 fully saturated rings. The molecule has 0 saturated carbocycles. The molecule has 6 heteroatoms. The Bertz CT molecular complexity index is 957. The summed E-state index contributed by atoms with van der Waals surface area (Å²) >= 11 is 0. The molecule has 4 rings (SSSR count). The van der Waals surface area contributed by atoms with Gasteiger partial charge in [-0.1, -0.05) is 30.7 Å². The summed E-state index contributed by atoms with van der Waals surface area (Å²) in [6, 6.07) is 13.2. The number of halogens is 1. The van der Waals surface area contributed by atoms with Crippen molar-refractivity contribution >= 4 is 5.91 Å². The molecule has 5 nitrogen and oxygen atoms in total. The van der Waals surface area contributed by atoms with E-state index in [-0.39, 0.29) is 11.7 Å². The molecule has 2 aromatic carbocycles. The van der Waals surface area contributed by atoms with Crippen molar-refractivity contribution in [3.05, 3.63) is 53.8 Å². The van der Waals surface area contributed by atoms with E-state index in [4.69, 9.17) is 9.47 Å². The molecule has 0 bridgehead atoms. The number of piperidine rings is 1. The van der Waals surface area contributed by atoms with Crippen molar-refractivity contribution in [1.82, 2.24) is 10.2 Å². The third kappa shape index (κ3) is 5.78. The number of amides is 1. The van der Waals surface area contributed by atoms with E-state index >= 15 is 0 Å². The lowest BCUT2D eigenvalue weighted by atomic mass is 9.74. The van der Waals surface area contributed by atoms with Crippen LogP contribution in [0, 0.1) is 11.2 Å². The zero-order valence-corrected chi connectivity index (χ0v) is 20.4. The topological polar surface area (TPSA) is 50.8 Å². The van der Waals surface area contributed by atoms with E-state index in [1.54, 1.807) is 13.2 Å². The highest BCUT2D eigenvalue weighted by Crippen LogP contribution is 2.36. The lowest BCUT2D eigenvalue weighted by Gasteiger charge is -2.37. The number of hydrogen-bond acceptors (Lipinski definition) is 4. The van der Waals surface area contributed by atoms with E-state index in [9.17, 15) is 9.18 Å². The van der Waals surface area contributed by atoms with Crippen LogP contribution in [-0.4, -0.2) is 56.8 Å². The quantitative estimate of drug-likeness (QED) is 0.603. The van der Waals surface area contributed by atoms with Crippen LogP contribution in [0.2, 0.25) is 0 Å². The highest BCUT2D eigenvalue weighted by molar-refractivity contribution is 5.83. The molecule has 0 unspecified atom stereocenters. The Labute approximate surface area is 202 Å². The van der Waals surface area contributed by atoms with E-state index in [1.165, 1.54) is 31.4 Å². The van der Waals surface area contributed by atoms with Crippen LogP contribution in [0.1, 0.15) is 44.6 Å². The van der Waals surface area contributed by atoms with Gasteiger partial charge < -0.3 is 14.8 Å². The van der Waals surface area contributed by atoms with Crippen LogP contribution < -0.4 is 10.1 Å². The molecule has 1 N–H and O–H groups in total. The maximum atomic E-state index is 13.8. The molecule has 34 heavy (non-hydrogen) atoms. The third-order valence-corrected chi connectivity index (χ3v) is 7.53. The number of rotatable bonds is 8. The minimum absolute atomic E-state index is 0.135. The predicted octanol–water partition coefficient (Wildman–Crippen LogP) is 4.83. The Balaban J connectivity index is 1.43. The summed E-state index contributed by atoms with van der Waals surface area (Å²) in [5.41, 5.74) is 2.26. The molecule has 1 atom stereocenters. The lowest BCUT2D eigenvalue weighted by Crippen LogP contribution is -2.49. The first kappa shape index (κ1) is 24.7. The Morgan fingerprint density at radius 1 is 1.18 bits per heavy atom. The van der Waals surface area contributed by atoms with Gasteiger partial charge in [-0.2, -0.15) is 0 Å². The van der Waals surface area contributed by atoms with Gasteiger partial charge in [-0.15, -0.1) is 0 Å². The molecule has 1 amide bonds. The summed E-state index contributed by atoms with van der Waals surface area (Å²) in [5, 5.41) is 3.25. The minimum atomic E-state index is -0.455.